The molecule has 0 atom stereocenters. The molecule has 0 aliphatic rings. The molecule has 0 radical (unpaired) electrons. The maximum absolute atomic E-state index is 10.4. The van der Waals surface area contributed by atoms with Gasteiger partial charge in [0.1, 0.15) is 4.75 Å². The van der Waals surface area contributed by atoms with Crippen molar-refractivity contribution in [1.82, 2.24) is 0 Å². The van der Waals surface area contributed by atoms with Crippen molar-refractivity contribution in [3.63, 3.8) is 0 Å². The Balaban J connectivity index is 0. The number of phosphoric acid groups is 1. The van der Waals surface area contributed by atoms with E-state index < -0.39 is 17.9 Å². The topological polar surface area (TPSA) is 124 Å². The molecule has 0 aliphatic heterocycles. The fourth-order valence-corrected chi connectivity index (χ4v) is 1.44. The molecule has 0 aromatic heterocycles. The molecule has 0 amide bonds. The average molecular weight is 324 g/mol. The molecule has 0 aromatic carbocycles. The number of phosphoric ester groups is 1. The van der Waals surface area contributed by atoms with E-state index in [9.17, 15) is 4.57 Å². The first-order valence-electron chi connectivity index (χ1n) is 4.84. The summed E-state index contributed by atoms with van der Waals surface area (Å²) in [5, 5.41) is 0. The summed E-state index contributed by atoms with van der Waals surface area (Å²) in [5.41, 5.74) is 0. The van der Waals surface area contributed by atoms with E-state index in [-0.39, 0.29) is 22.2 Å². The molecule has 112 valence electrons. The van der Waals surface area contributed by atoms with Crippen molar-refractivity contribution in [3.05, 3.63) is 0 Å². The summed E-state index contributed by atoms with van der Waals surface area (Å²) in [7, 11) is -7.98. The van der Waals surface area contributed by atoms with E-state index in [1.807, 2.05) is 0 Å². The van der Waals surface area contributed by atoms with E-state index in [1.165, 1.54) is 0 Å². The zero-order chi connectivity index (χ0) is 15.2. The number of hydrogen-bond donors (Lipinski definition) is 2. The van der Waals surface area contributed by atoms with Gasteiger partial charge in [-0.05, 0) is 24.7 Å². The molecule has 7 nitrogen and oxygen atoms in total. The van der Waals surface area contributed by atoms with Crippen LogP contribution in [0.4, 0.5) is 0 Å². The van der Waals surface area contributed by atoms with Crippen molar-refractivity contribution in [1.29, 1.82) is 0 Å². The molecule has 10 heteroatoms. The Morgan fingerprint density at radius 1 is 1.33 bits per heavy atom. The zero-order valence-corrected chi connectivity index (χ0v) is 13.6. The molecular formula is C8H21O7PS2. The summed E-state index contributed by atoms with van der Waals surface area (Å²) in [6, 6.07) is 0. The molecule has 0 aliphatic carbocycles. The van der Waals surface area contributed by atoms with E-state index in [1.54, 1.807) is 0 Å². The van der Waals surface area contributed by atoms with Crippen molar-refractivity contribution < 1.29 is 31.8 Å². The Kier molecular flexibility index (Phi) is 9.01. The minimum atomic E-state index is -4.28. The third-order valence-electron chi connectivity index (χ3n) is 2.07. The van der Waals surface area contributed by atoms with Crippen LogP contribution < -0.4 is 0 Å². The molecule has 0 saturated carbocycles. The summed E-state index contributed by atoms with van der Waals surface area (Å²) in [5.74, 6) is 0. The van der Waals surface area contributed by atoms with Gasteiger partial charge in [-0.25, -0.2) is 13.0 Å². The lowest BCUT2D eigenvalue weighted by atomic mass is 10.1. The van der Waals surface area contributed by atoms with Crippen LogP contribution in [0.5, 0.6) is 0 Å². The Bertz CT molecular complexity index is 363. The van der Waals surface area contributed by atoms with E-state index in [2.05, 4.69) is 30.9 Å². The standard InChI is InChI=1S/C7H17O4PS.CH4O3S/c1-7(2,13(3)4)5-6-11-12(8,9)10;1-5(2,3)4/h5-6H2,1-4H3,(H-,8,9,10);1H3,(H,2,3,4). The van der Waals surface area contributed by atoms with Gasteiger partial charge in [0.15, 0.2) is 0 Å². The van der Waals surface area contributed by atoms with Crippen LogP contribution in [0.15, 0.2) is 0 Å². The fraction of sp³-hybridized carbons (Fsp3) is 1.00. The highest BCUT2D eigenvalue weighted by Gasteiger charge is 2.31. The molecule has 0 saturated heterocycles. The first kappa shape index (κ1) is 20.7. The number of rotatable bonds is 5. The summed E-state index contributed by atoms with van der Waals surface area (Å²) in [4.78, 5) is 16.9. The lowest BCUT2D eigenvalue weighted by molar-refractivity contribution is 0.190. The van der Waals surface area contributed by atoms with Gasteiger partial charge >= 0.3 is 7.82 Å². The first-order chi connectivity index (χ1) is 7.65. The van der Waals surface area contributed by atoms with Gasteiger partial charge in [-0.15, -0.1) is 0 Å². The minimum Gasteiger partial charge on any atom is -0.748 e. The second-order valence-electron chi connectivity index (χ2n) is 4.35. The van der Waals surface area contributed by atoms with Gasteiger partial charge in [0.2, 0.25) is 0 Å². The highest BCUT2D eigenvalue weighted by atomic mass is 32.2. The monoisotopic (exact) mass is 324 g/mol. The van der Waals surface area contributed by atoms with Gasteiger partial charge in [-0.2, -0.15) is 0 Å². The van der Waals surface area contributed by atoms with E-state index in [0.717, 1.165) is 0 Å². The summed E-state index contributed by atoms with van der Waals surface area (Å²) < 4.78 is 42.1. The van der Waals surface area contributed by atoms with E-state index >= 15 is 0 Å². The molecular weight excluding hydrogens is 303 g/mol. The second kappa shape index (κ2) is 7.84. The molecule has 0 heterocycles. The highest BCUT2D eigenvalue weighted by Crippen LogP contribution is 2.36. The predicted molar refractivity (Wildman–Crippen MR) is 71.5 cm³/mol. The smallest absolute Gasteiger partial charge is 0.469 e. The van der Waals surface area contributed by atoms with Crippen molar-refractivity contribution in [3.8, 4) is 0 Å². The van der Waals surface area contributed by atoms with Crippen LogP contribution >= 0.6 is 7.82 Å². The Morgan fingerprint density at radius 2 is 1.67 bits per heavy atom. The predicted octanol–water partition coefficient (Wildman–Crippen LogP) is 0.304. The molecule has 0 rings (SSSR count). The highest BCUT2D eigenvalue weighted by molar-refractivity contribution is 7.96. The molecule has 0 aromatic rings. The Morgan fingerprint density at radius 3 is 1.89 bits per heavy atom. The number of hydrogen-bond acceptors (Lipinski definition) is 5. The summed E-state index contributed by atoms with van der Waals surface area (Å²) in [6.45, 7) is 4.25. The third-order valence-corrected chi connectivity index (χ3v) is 5.00. The van der Waals surface area contributed by atoms with Crippen molar-refractivity contribution >= 4 is 28.8 Å². The quantitative estimate of drug-likeness (QED) is 0.423. The van der Waals surface area contributed by atoms with Crippen LogP contribution in [0.2, 0.25) is 0 Å². The molecule has 0 bridgehead atoms. The molecule has 0 spiro atoms. The van der Waals surface area contributed by atoms with Gasteiger partial charge in [0.05, 0.1) is 29.2 Å². The van der Waals surface area contributed by atoms with E-state index in [0.29, 0.717) is 12.7 Å². The minimum absolute atomic E-state index is 0.0785. The Hall–Kier alpha value is 0.370. The van der Waals surface area contributed by atoms with Crippen LogP contribution in [0.3, 0.4) is 0 Å². The largest absolute Gasteiger partial charge is 0.748 e. The SMILES string of the molecule is CS(=O)(=O)[O-].C[S+](C)C(C)(C)CCOP(=O)(O)O. The van der Waals surface area contributed by atoms with Crippen LogP contribution in [-0.4, -0.2) is 52.9 Å². The van der Waals surface area contributed by atoms with Gasteiger partial charge in [0, 0.05) is 12.7 Å². The van der Waals surface area contributed by atoms with E-state index in [4.69, 9.17) is 22.8 Å². The maximum Gasteiger partial charge on any atom is 0.469 e. The zero-order valence-electron chi connectivity index (χ0n) is 11.1. The molecule has 2 N–H and O–H groups in total. The normalized spacial score (nSPS) is 13.2. The fourth-order valence-electron chi connectivity index (χ4n) is 0.614. The van der Waals surface area contributed by atoms with Crippen LogP contribution in [0.25, 0.3) is 0 Å². The van der Waals surface area contributed by atoms with Crippen LogP contribution in [0.1, 0.15) is 20.3 Å². The van der Waals surface area contributed by atoms with Crippen molar-refractivity contribution in [2.75, 3.05) is 25.4 Å². The lowest BCUT2D eigenvalue weighted by Gasteiger charge is -2.20. The summed E-state index contributed by atoms with van der Waals surface area (Å²) >= 11 is 0. The maximum atomic E-state index is 10.4. The van der Waals surface area contributed by atoms with Gasteiger partial charge in [0.25, 0.3) is 0 Å². The second-order valence-corrected chi connectivity index (χ2v) is 9.74. The van der Waals surface area contributed by atoms with Gasteiger partial charge in [-0.1, -0.05) is 0 Å². The van der Waals surface area contributed by atoms with Gasteiger partial charge < -0.3 is 14.3 Å². The molecule has 0 unspecified atom stereocenters. The van der Waals surface area contributed by atoms with Crippen molar-refractivity contribution in [2.45, 2.75) is 25.0 Å². The average Bonchev–Trinajstić information content (AvgIpc) is 1.96. The molecule has 18 heavy (non-hydrogen) atoms. The Labute approximate surface area is 111 Å². The third kappa shape index (κ3) is 18.7. The summed E-state index contributed by atoms with van der Waals surface area (Å²) in [6.07, 6.45) is 5.48. The van der Waals surface area contributed by atoms with Gasteiger partial charge in [-0.3, -0.25) is 4.52 Å². The van der Waals surface area contributed by atoms with Crippen molar-refractivity contribution in [2.24, 2.45) is 0 Å². The first-order valence-corrected chi connectivity index (χ1v) is 10.2. The van der Waals surface area contributed by atoms with Crippen LogP contribution in [-0.2, 0) is 30.1 Å². The molecule has 0 fully saturated rings. The van der Waals surface area contributed by atoms with Crippen LogP contribution in [0, 0.1) is 0 Å². The lowest BCUT2D eigenvalue weighted by Crippen LogP contribution is -2.31.